The number of ketones is 1. The van der Waals surface area contributed by atoms with Gasteiger partial charge in [0.2, 0.25) is 0 Å². The second-order valence-electron chi connectivity index (χ2n) is 9.59. The molecule has 1 unspecified atom stereocenters. The van der Waals surface area contributed by atoms with Crippen LogP contribution >= 0.6 is 0 Å². The molecule has 0 radical (unpaired) electrons. The first-order valence-corrected chi connectivity index (χ1v) is 12.4. The number of carbonyl (C=O) groups excluding carboxylic acids is 2. The first-order valence-electron chi connectivity index (χ1n) is 12.4. The molecular formula is C29H31NO6. The molecule has 0 aromatic heterocycles. The van der Waals surface area contributed by atoms with Gasteiger partial charge in [-0.25, -0.2) is 4.79 Å². The number of hydrogen-bond donors (Lipinski definition) is 2. The number of rotatable bonds is 6. The highest BCUT2D eigenvalue weighted by atomic mass is 16.6. The third-order valence-electron chi connectivity index (χ3n) is 7.25. The maximum absolute atomic E-state index is 13.7. The van der Waals surface area contributed by atoms with Gasteiger partial charge in [-0.15, -0.1) is 0 Å². The van der Waals surface area contributed by atoms with Gasteiger partial charge in [-0.3, -0.25) is 4.79 Å². The van der Waals surface area contributed by atoms with Gasteiger partial charge in [-0.05, 0) is 55.5 Å². The summed E-state index contributed by atoms with van der Waals surface area (Å²) in [6.45, 7) is 2.69. The van der Waals surface area contributed by atoms with Crippen LogP contribution in [0.1, 0.15) is 55.6 Å². The number of esters is 1. The first-order chi connectivity index (χ1) is 17.5. The molecule has 0 spiro atoms. The molecule has 7 heteroatoms. The van der Waals surface area contributed by atoms with E-state index >= 15 is 0 Å². The Bertz CT molecular complexity index is 1240. The normalized spacial score (nSPS) is 23.8. The molecular weight excluding hydrogens is 458 g/mol. The van der Waals surface area contributed by atoms with Crippen LogP contribution in [0.25, 0.3) is 0 Å². The van der Waals surface area contributed by atoms with Crippen LogP contribution < -0.4 is 10.1 Å². The van der Waals surface area contributed by atoms with Crippen molar-refractivity contribution in [1.82, 2.24) is 5.32 Å². The molecule has 1 saturated heterocycles. The average Bonchev–Trinajstić information content (AvgIpc) is 3.40. The molecule has 1 aliphatic carbocycles. The topological polar surface area (TPSA) is 94.1 Å². The Balaban J connectivity index is 1.51. The van der Waals surface area contributed by atoms with Gasteiger partial charge in [0, 0.05) is 41.8 Å². The Morgan fingerprint density at radius 2 is 2.00 bits per heavy atom. The highest BCUT2D eigenvalue weighted by Crippen LogP contribution is 2.47. The van der Waals surface area contributed by atoms with Crippen molar-refractivity contribution in [1.29, 1.82) is 0 Å². The van der Waals surface area contributed by atoms with E-state index in [-0.39, 0.29) is 30.2 Å². The van der Waals surface area contributed by atoms with Crippen LogP contribution in [0.5, 0.6) is 11.5 Å². The fourth-order valence-corrected chi connectivity index (χ4v) is 5.59. The lowest BCUT2D eigenvalue weighted by Gasteiger charge is -2.37. The van der Waals surface area contributed by atoms with E-state index in [4.69, 9.17) is 14.2 Å². The van der Waals surface area contributed by atoms with Crippen LogP contribution in [-0.2, 0) is 19.1 Å². The second kappa shape index (κ2) is 10.2. The van der Waals surface area contributed by atoms with Gasteiger partial charge < -0.3 is 24.6 Å². The predicted octanol–water partition coefficient (Wildman–Crippen LogP) is 4.48. The van der Waals surface area contributed by atoms with E-state index in [1.807, 2.05) is 37.3 Å². The quantitative estimate of drug-likeness (QED) is 0.578. The fraction of sp³-hybridized carbons (Fsp3) is 0.379. The monoisotopic (exact) mass is 489 g/mol. The number of methoxy groups -OCH3 is 1. The van der Waals surface area contributed by atoms with Gasteiger partial charge >= 0.3 is 5.97 Å². The Morgan fingerprint density at radius 1 is 1.17 bits per heavy atom. The zero-order chi connectivity index (χ0) is 25.2. The van der Waals surface area contributed by atoms with Gasteiger partial charge in [-0.1, -0.05) is 30.3 Å². The molecule has 36 heavy (non-hydrogen) atoms. The summed E-state index contributed by atoms with van der Waals surface area (Å²) in [4.78, 5) is 27.1. The third-order valence-corrected chi connectivity index (χ3v) is 7.25. The molecule has 2 N–H and O–H groups in total. The lowest BCUT2D eigenvalue weighted by molar-refractivity contribution is -0.142. The smallest absolute Gasteiger partial charge is 0.336 e. The molecule has 0 bridgehead atoms. The average molecular weight is 490 g/mol. The zero-order valence-corrected chi connectivity index (χ0v) is 20.6. The minimum Gasteiger partial charge on any atom is -0.508 e. The van der Waals surface area contributed by atoms with Crippen molar-refractivity contribution in [3.8, 4) is 11.5 Å². The Morgan fingerprint density at radius 3 is 2.75 bits per heavy atom. The third kappa shape index (κ3) is 4.63. The molecule has 7 nitrogen and oxygen atoms in total. The molecule has 2 aromatic rings. The van der Waals surface area contributed by atoms with Crippen molar-refractivity contribution >= 4 is 11.8 Å². The largest absolute Gasteiger partial charge is 0.508 e. The lowest BCUT2D eigenvalue weighted by atomic mass is 9.71. The molecule has 3 atom stereocenters. The number of phenols is 1. The highest BCUT2D eigenvalue weighted by molar-refractivity contribution is 6.04. The summed E-state index contributed by atoms with van der Waals surface area (Å²) in [7, 11) is 1.63. The molecule has 2 aromatic carbocycles. The number of hydrogen-bond acceptors (Lipinski definition) is 7. The van der Waals surface area contributed by atoms with Crippen LogP contribution in [0.2, 0.25) is 0 Å². The summed E-state index contributed by atoms with van der Waals surface area (Å²) in [5.41, 5.74) is 4.05. The highest BCUT2D eigenvalue weighted by Gasteiger charge is 2.42. The molecule has 2 heterocycles. The van der Waals surface area contributed by atoms with Crippen LogP contribution in [0.3, 0.4) is 0 Å². The molecule has 2 aliphatic heterocycles. The molecule has 3 aliphatic rings. The van der Waals surface area contributed by atoms with Gasteiger partial charge in [0.25, 0.3) is 0 Å². The van der Waals surface area contributed by atoms with E-state index in [1.54, 1.807) is 25.3 Å². The van der Waals surface area contributed by atoms with Crippen LogP contribution in [-0.4, -0.2) is 43.3 Å². The number of nitrogens with one attached hydrogen (secondary N) is 1. The molecule has 0 amide bonds. The molecule has 5 rings (SSSR count). The van der Waals surface area contributed by atoms with Crippen molar-refractivity contribution in [2.24, 2.45) is 0 Å². The predicted molar refractivity (Wildman–Crippen MR) is 134 cm³/mol. The standard InChI is InChI=1S/C29H31NO6/c1-17-26(29(33)36-16-21-9-6-12-35-21)27(18-7-5-8-20(31)13-18)28-23(30-17)14-19(15-24(28)32)22-10-3-4-11-25(22)34-2/h3-5,7-8,10-11,13,19,21,27,30-31H,6,9,12,14-16H2,1-2H3/t19-,21?,27+/m1/s1. The van der Waals surface area contributed by atoms with Crippen molar-refractivity contribution < 1.29 is 28.9 Å². The van der Waals surface area contributed by atoms with Gasteiger partial charge in [0.15, 0.2) is 5.78 Å². The summed E-state index contributed by atoms with van der Waals surface area (Å²) in [5, 5.41) is 13.6. The van der Waals surface area contributed by atoms with E-state index in [9.17, 15) is 14.7 Å². The number of aromatic hydroxyl groups is 1. The number of dihydropyridines is 1. The number of carbonyl (C=O) groups is 2. The molecule has 188 valence electrons. The Labute approximate surface area is 210 Å². The SMILES string of the molecule is COc1ccccc1[C@H]1CC(=O)C2=C(C1)NC(C)=C(C(=O)OCC1CCCO1)[C@@H]2c1cccc(O)c1. The first kappa shape index (κ1) is 24.1. The Hall–Kier alpha value is -3.58. The van der Waals surface area contributed by atoms with Crippen molar-refractivity contribution in [3.05, 3.63) is 82.2 Å². The summed E-state index contributed by atoms with van der Waals surface area (Å²) in [6.07, 6.45) is 2.62. The number of Topliss-reactive ketones (excluding diaryl/α,β-unsaturated/α-hetero) is 1. The Kier molecular flexibility index (Phi) is 6.83. The van der Waals surface area contributed by atoms with Crippen LogP contribution in [0.4, 0.5) is 0 Å². The minimum absolute atomic E-state index is 0.0371. The molecule has 0 saturated carbocycles. The van der Waals surface area contributed by atoms with Crippen LogP contribution in [0.15, 0.2) is 71.1 Å². The summed E-state index contributed by atoms with van der Waals surface area (Å²) >= 11 is 0. The van der Waals surface area contributed by atoms with E-state index in [2.05, 4.69) is 5.32 Å². The zero-order valence-electron chi connectivity index (χ0n) is 20.6. The van der Waals surface area contributed by atoms with Gasteiger partial charge in [-0.2, -0.15) is 0 Å². The van der Waals surface area contributed by atoms with Gasteiger partial charge in [0.1, 0.15) is 18.1 Å². The minimum atomic E-state index is -0.628. The van der Waals surface area contributed by atoms with Crippen molar-refractivity contribution in [3.63, 3.8) is 0 Å². The number of phenolic OH excluding ortho intramolecular Hbond substituents is 1. The van der Waals surface area contributed by atoms with Crippen molar-refractivity contribution in [2.75, 3.05) is 20.3 Å². The second-order valence-corrected chi connectivity index (χ2v) is 9.59. The van der Waals surface area contributed by atoms with E-state index in [0.29, 0.717) is 41.9 Å². The summed E-state index contributed by atoms with van der Waals surface area (Å²) < 4.78 is 16.8. The molecule has 1 fully saturated rings. The van der Waals surface area contributed by atoms with Crippen LogP contribution in [0, 0.1) is 0 Å². The lowest BCUT2D eigenvalue weighted by Crippen LogP contribution is -2.36. The number of para-hydroxylation sites is 1. The summed E-state index contributed by atoms with van der Waals surface area (Å²) in [5.74, 6) is -0.361. The maximum atomic E-state index is 13.7. The number of allylic oxidation sites excluding steroid dienone is 3. The van der Waals surface area contributed by atoms with E-state index < -0.39 is 11.9 Å². The maximum Gasteiger partial charge on any atom is 0.336 e. The summed E-state index contributed by atoms with van der Waals surface area (Å²) in [6, 6.07) is 14.5. The van der Waals surface area contributed by atoms with Gasteiger partial charge in [0.05, 0.1) is 18.8 Å². The van der Waals surface area contributed by atoms with E-state index in [0.717, 1.165) is 29.9 Å². The number of ether oxygens (including phenoxy) is 3. The van der Waals surface area contributed by atoms with Crippen molar-refractivity contribution in [2.45, 2.75) is 50.5 Å². The van der Waals surface area contributed by atoms with E-state index in [1.165, 1.54) is 0 Å². The fourth-order valence-electron chi connectivity index (χ4n) is 5.59. The number of benzene rings is 2.